The monoisotopic (exact) mass is 373 g/mol. The van der Waals surface area contributed by atoms with Crippen molar-refractivity contribution in [2.24, 2.45) is 0 Å². The zero-order chi connectivity index (χ0) is 19.2. The average molecular weight is 373 g/mol. The molecule has 1 aliphatic rings. The van der Waals surface area contributed by atoms with E-state index < -0.39 is 5.82 Å². The number of benzene rings is 1. The minimum absolute atomic E-state index is 0.0104. The van der Waals surface area contributed by atoms with E-state index in [1.807, 2.05) is 0 Å². The molecule has 8 heteroatoms. The molecule has 1 fully saturated rings. The van der Waals surface area contributed by atoms with Gasteiger partial charge < -0.3 is 19.5 Å². The Morgan fingerprint density at radius 2 is 1.78 bits per heavy atom. The van der Waals surface area contributed by atoms with E-state index in [1.54, 1.807) is 28.0 Å². The molecule has 1 aliphatic heterocycles. The molecular weight excluding hydrogens is 353 g/mol. The number of furan rings is 1. The second-order valence-electron chi connectivity index (χ2n) is 6.23. The van der Waals surface area contributed by atoms with Gasteiger partial charge in [0.2, 0.25) is 11.8 Å². The first-order chi connectivity index (χ1) is 13.0. The van der Waals surface area contributed by atoms with Gasteiger partial charge in [0, 0.05) is 26.2 Å². The van der Waals surface area contributed by atoms with Crippen LogP contribution < -0.4 is 5.32 Å². The maximum absolute atomic E-state index is 13.1. The van der Waals surface area contributed by atoms with Crippen molar-refractivity contribution < 1.29 is 23.2 Å². The lowest BCUT2D eigenvalue weighted by atomic mass is 10.1. The zero-order valence-corrected chi connectivity index (χ0v) is 14.7. The molecule has 0 bridgehead atoms. The Bertz CT molecular complexity index is 814. The Kier molecular flexibility index (Phi) is 5.85. The molecular formula is C19H20FN3O4. The van der Waals surface area contributed by atoms with E-state index >= 15 is 0 Å². The third-order valence-corrected chi connectivity index (χ3v) is 4.34. The van der Waals surface area contributed by atoms with Gasteiger partial charge in [-0.15, -0.1) is 0 Å². The van der Waals surface area contributed by atoms with Gasteiger partial charge in [-0.25, -0.2) is 4.39 Å². The van der Waals surface area contributed by atoms with Crippen LogP contribution in [0.5, 0.6) is 0 Å². The quantitative estimate of drug-likeness (QED) is 0.850. The molecule has 7 nitrogen and oxygen atoms in total. The number of hydrogen-bond acceptors (Lipinski definition) is 4. The summed E-state index contributed by atoms with van der Waals surface area (Å²) in [6.45, 7) is 1.47. The second kappa shape index (κ2) is 8.48. The molecule has 2 heterocycles. The molecule has 3 amide bonds. The summed E-state index contributed by atoms with van der Waals surface area (Å²) in [5, 5.41) is 2.56. The molecule has 1 aromatic heterocycles. The van der Waals surface area contributed by atoms with Crippen molar-refractivity contribution in [3.63, 3.8) is 0 Å². The van der Waals surface area contributed by atoms with Crippen molar-refractivity contribution in [3.8, 4) is 0 Å². The minimum Gasteiger partial charge on any atom is -0.459 e. The summed E-state index contributed by atoms with van der Waals surface area (Å²) >= 11 is 0. The molecule has 27 heavy (non-hydrogen) atoms. The summed E-state index contributed by atoms with van der Waals surface area (Å²) in [5.41, 5.74) is 0.546. The van der Waals surface area contributed by atoms with Crippen LogP contribution in [0.25, 0.3) is 0 Å². The van der Waals surface area contributed by atoms with Crippen molar-refractivity contribution >= 4 is 17.7 Å². The molecule has 3 rings (SSSR count). The topological polar surface area (TPSA) is 82.9 Å². The minimum atomic E-state index is -0.404. The molecule has 1 N–H and O–H groups in total. The number of piperazine rings is 1. The van der Waals surface area contributed by atoms with E-state index in [-0.39, 0.29) is 36.4 Å². The van der Waals surface area contributed by atoms with E-state index in [1.165, 1.54) is 24.5 Å². The number of carbonyl (C=O) groups excluding carboxylic acids is 3. The molecule has 0 spiro atoms. The molecule has 0 radical (unpaired) electrons. The Balaban J connectivity index is 1.41. The van der Waals surface area contributed by atoms with Crippen molar-refractivity contribution in [2.45, 2.75) is 6.42 Å². The molecule has 0 unspecified atom stereocenters. The predicted molar refractivity (Wildman–Crippen MR) is 94.3 cm³/mol. The SMILES string of the molecule is O=C(Cc1cccc(F)c1)NCC(=O)N1CCN(C(=O)c2ccco2)CC1. The van der Waals surface area contributed by atoms with Crippen LogP contribution >= 0.6 is 0 Å². The van der Waals surface area contributed by atoms with Gasteiger partial charge in [-0.05, 0) is 29.8 Å². The van der Waals surface area contributed by atoms with Crippen LogP contribution in [0.1, 0.15) is 16.1 Å². The first-order valence-corrected chi connectivity index (χ1v) is 8.64. The number of amides is 3. The number of nitrogens with zero attached hydrogens (tertiary/aromatic N) is 2. The maximum atomic E-state index is 13.1. The number of halogens is 1. The molecule has 2 aromatic rings. The Morgan fingerprint density at radius 1 is 1.04 bits per heavy atom. The van der Waals surface area contributed by atoms with Gasteiger partial charge in [0.15, 0.2) is 5.76 Å². The second-order valence-corrected chi connectivity index (χ2v) is 6.23. The lowest BCUT2D eigenvalue weighted by Crippen LogP contribution is -2.52. The van der Waals surface area contributed by atoms with Crippen molar-refractivity contribution in [3.05, 3.63) is 59.8 Å². The van der Waals surface area contributed by atoms with Crippen molar-refractivity contribution in [1.82, 2.24) is 15.1 Å². The molecule has 0 saturated carbocycles. The molecule has 1 saturated heterocycles. The Hall–Kier alpha value is -3.16. The summed E-state index contributed by atoms with van der Waals surface area (Å²) in [7, 11) is 0. The van der Waals surface area contributed by atoms with Gasteiger partial charge >= 0.3 is 0 Å². The summed E-state index contributed by atoms with van der Waals surface area (Å²) in [4.78, 5) is 39.6. The molecule has 0 atom stereocenters. The van der Waals surface area contributed by atoms with Gasteiger partial charge in [-0.1, -0.05) is 12.1 Å². The van der Waals surface area contributed by atoms with Gasteiger partial charge in [0.1, 0.15) is 5.82 Å². The molecule has 1 aromatic carbocycles. The van der Waals surface area contributed by atoms with Crippen LogP contribution in [-0.4, -0.2) is 60.2 Å². The van der Waals surface area contributed by atoms with Crippen molar-refractivity contribution in [1.29, 1.82) is 0 Å². The van der Waals surface area contributed by atoms with Crippen molar-refractivity contribution in [2.75, 3.05) is 32.7 Å². The maximum Gasteiger partial charge on any atom is 0.289 e. The van der Waals surface area contributed by atoms with E-state index in [9.17, 15) is 18.8 Å². The third kappa shape index (κ3) is 4.93. The van der Waals surface area contributed by atoms with E-state index in [4.69, 9.17) is 4.42 Å². The van der Waals surface area contributed by atoms with E-state index in [0.717, 1.165) is 0 Å². The highest BCUT2D eigenvalue weighted by Gasteiger charge is 2.26. The molecule has 0 aliphatic carbocycles. The van der Waals surface area contributed by atoms with E-state index in [2.05, 4.69) is 5.32 Å². The van der Waals surface area contributed by atoms with Crippen LogP contribution in [0.3, 0.4) is 0 Å². The fourth-order valence-electron chi connectivity index (χ4n) is 2.90. The van der Waals surface area contributed by atoms with Crippen LogP contribution in [0, 0.1) is 5.82 Å². The van der Waals surface area contributed by atoms with Gasteiger partial charge in [-0.2, -0.15) is 0 Å². The normalized spacial score (nSPS) is 14.1. The van der Waals surface area contributed by atoms with Crippen LogP contribution in [0.4, 0.5) is 4.39 Å². The third-order valence-electron chi connectivity index (χ3n) is 4.34. The fraction of sp³-hybridized carbons (Fsp3) is 0.316. The average Bonchev–Trinajstić information content (AvgIpc) is 3.20. The standard InChI is InChI=1S/C19H20FN3O4/c20-15-4-1-3-14(11-15)12-17(24)21-13-18(25)22-6-8-23(9-7-22)19(26)16-5-2-10-27-16/h1-5,10-11H,6-9,12-13H2,(H,21,24). The lowest BCUT2D eigenvalue weighted by molar-refractivity contribution is -0.134. The summed E-state index contributed by atoms with van der Waals surface area (Å²) < 4.78 is 18.2. The number of hydrogen-bond donors (Lipinski definition) is 1. The first kappa shape index (κ1) is 18.6. The summed E-state index contributed by atoms with van der Waals surface area (Å²) in [5.74, 6) is -0.888. The zero-order valence-electron chi connectivity index (χ0n) is 14.7. The summed E-state index contributed by atoms with van der Waals surface area (Å²) in [6.07, 6.45) is 1.45. The number of carbonyl (C=O) groups is 3. The largest absolute Gasteiger partial charge is 0.459 e. The Morgan fingerprint density at radius 3 is 2.44 bits per heavy atom. The predicted octanol–water partition coefficient (Wildman–Crippen LogP) is 1.06. The van der Waals surface area contributed by atoms with Crippen LogP contribution in [0.15, 0.2) is 47.1 Å². The molecule has 142 valence electrons. The van der Waals surface area contributed by atoms with Crippen LogP contribution in [-0.2, 0) is 16.0 Å². The van der Waals surface area contributed by atoms with Gasteiger partial charge in [-0.3, -0.25) is 14.4 Å². The van der Waals surface area contributed by atoms with Crippen LogP contribution in [0.2, 0.25) is 0 Å². The smallest absolute Gasteiger partial charge is 0.289 e. The highest BCUT2D eigenvalue weighted by molar-refractivity contribution is 5.91. The fourth-order valence-corrected chi connectivity index (χ4v) is 2.90. The summed E-state index contributed by atoms with van der Waals surface area (Å²) in [6, 6.07) is 9.04. The lowest BCUT2D eigenvalue weighted by Gasteiger charge is -2.34. The highest BCUT2D eigenvalue weighted by Crippen LogP contribution is 2.09. The number of nitrogens with one attached hydrogen (secondary N) is 1. The Labute approximate surface area is 155 Å². The van der Waals surface area contributed by atoms with Gasteiger partial charge in [0.05, 0.1) is 19.2 Å². The van der Waals surface area contributed by atoms with E-state index in [0.29, 0.717) is 31.7 Å². The first-order valence-electron chi connectivity index (χ1n) is 8.64. The number of rotatable bonds is 5. The highest BCUT2D eigenvalue weighted by atomic mass is 19.1. The van der Waals surface area contributed by atoms with Gasteiger partial charge in [0.25, 0.3) is 5.91 Å².